The van der Waals surface area contributed by atoms with Crippen molar-refractivity contribution in [3.63, 3.8) is 0 Å². The molecule has 0 aliphatic carbocycles. The molecular formula is C20H33IN4O2. The van der Waals surface area contributed by atoms with Gasteiger partial charge < -0.3 is 25.0 Å². The van der Waals surface area contributed by atoms with Gasteiger partial charge >= 0.3 is 0 Å². The summed E-state index contributed by atoms with van der Waals surface area (Å²) in [5.41, 5.74) is 0. The maximum atomic E-state index is 5.98. The Morgan fingerprint density at radius 2 is 1.93 bits per heavy atom. The number of nitrogens with one attached hydrogen (secondary N) is 2. The molecule has 1 aromatic carbocycles. The van der Waals surface area contributed by atoms with Crippen LogP contribution in [0, 0.1) is 5.92 Å². The minimum Gasteiger partial charge on any atom is -0.486 e. The maximum absolute atomic E-state index is 5.98. The summed E-state index contributed by atoms with van der Waals surface area (Å²) in [4.78, 5) is 6.90. The molecule has 0 amide bonds. The van der Waals surface area contributed by atoms with Crippen molar-refractivity contribution in [2.75, 3.05) is 46.4 Å². The molecule has 2 N–H and O–H groups in total. The van der Waals surface area contributed by atoms with E-state index in [2.05, 4.69) is 27.4 Å². The van der Waals surface area contributed by atoms with Crippen LogP contribution in [0.1, 0.15) is 26.2 Å². The van der Waals surface area contributed by atoms with Crippen molar-refractivity contribution < 1.29 is 9.47 Å². The molecule has 1 fully saturated rings. The summed E-state index contributed by atoms with van der Waals surface area (Å²) >= 11 is 0. The minimum atomic E-state index is -0.0192. The lowest BCUT2D eigenvalue weighted by Crippen LogP contribution is -2.47. The van der Waals surface area contributed by atoms with Crippen molar-refractivity contribution in [1.29, 1.82) is 0 Å². The van der Waals surface area contributed by atoms with Crippen LogP contribution in [0.2, 0.25) is 0 Å². The highest BCUT2D eigenvalue weighted by Gasteiger charge is 2.21. The topological polar surface area (TPSA) is 58.1 Å². The van der Waals surface area contributed by atoms with Gasteiger partial charge in [0.15, 0.2) is 17.5 Å². The number of aliphatic imine (C=N–C) groups is 1. The summed E-state index contributed by atoms with van der Waals surface area (Å²) in [6.45, 7) is 8.07. The van der Waals surface area contributed by atoms with Gasteiger partial charge in [0.05, 0.1) is 6.54 Å². The van der Waals surface area contributed by atoms with E-state index in [9.17, 15) is 0 Å². The number of benzene rings is 1. The van der Waals surface area contributed by atoms with Crippen LogP contribution < -0.4 is 20.1 Å². The van der Waals surface area contributed by atoms with E-state index in [4.69, 9.17) is 9.47 Å². The van der Waals surface area contributed by atoms with E-state index in [-0.39, 0.29) is 30.1 Å². The third-order valence-electron chi connectivity index (χ3n) is 4.92. The molecule has 27 heavy (non-hydrogen) atoms. The summed E-state index contributed by atoms with van der Waals surface area (Å²) in [6.07, 6.45) is 4.05. The molecule has 2 aliphatic heterocycles. The van der Waals surface area contributed by atoms with E-state index in [1.807, 2.05) is 24.3 Å². The average molecular weight is 488 g/mol. The maximum Gasteiger partial charge on any atom is 0.191 e. The first kappa shape index (κ1) is 22.1. The number of ether oxygens (including phenoxy) is 2. The van der Waals surface area contributed by atoms with Gasteiger partial charge in [-0.15, -0.1) is 24.0 Å². The first-order chi connectivity index (χ1) is 12.7. The molecule has 7 heteroatoms. The van der Waals surface area contributed by atoms with Crippen molar-refractivity contribution >= 4 is 29.9 Å². The Kier molecular flexibility index (Phi) is 9.47. The van der Waals surface area contributed by atoms with Crippen LogP contribution in [0.3, 0.4) is 0 Å². The first-order valence-electron chi connectivity index (χ1n) is 9.80. The minimum absolute atomic E-state index is 0. The fourth-order valence-corrected chi connectivity index (χ4v) is 3.51. The number of para-hydroxylation sites is 2. The van der Waals surface area contributed by atoms with E-state index in [0.717, 1.165) is 30.5 Å². The second kappa shape index (κ2) is 11.6. The highest BCUT2D eigenvalue weighted by atomic mass is 127. The van der Waals surface area contributed by atoms with Crippen molar-refractivity contribution in [3.05, 3.63) is 24.3 Å². The Hall–Kier alpha value is -1.22. The number of nitrogens with zero attached hydrogens (tertiary/aromatic N) is 2. The van der Waals surface area contributed by atoms with Gasteiger partial charge in [0.2, 0.25) is 0 Å². The quantitative estimate of drug-likeness (QED) is 0.367. The smallest absolute Gasteiger partial charge is 0.191 e. The predicted octanol–water partition coefficient (Wildman–Crippen LogP) is 2.73. The lowest BCUT2D eigenvalue weighted by molar-refractivity contribution is 0.0936. The van der Waals surface area contributed by atoms with Crippen LogP contribution in [-0.2, 0) is 0 Å². The van der Waals surface area contributed by atoms with Crippen LogP contribution in [0.5, 0.6) is 11.5 Å². The molecule has 2 atom stereocenters. The zero-order chi connectivity index (χ0) is 18.2. The van der Waals surface area contributed by atoms with Crippen LogP contribution in [0.25, 0.3) is 0 Å². The molecule has 152 valence electrons. The Morgan fingerprint density at radius 1 is 1.19 bits per heavy atom. The molecule has 2 heterocycles. The van der Waals surface area contributed by atoms with Crippen LogP contribution >= 0.6 is 24.0 Å². The van der Waals surface area contributed by atoms with Crippen molar-refractivity contribution in [2.45, 2.75) is 32.3 Å². The standard InChI is InChI=1S/C20H32N4O2.HI/c1-16(14-24-10-6-3-7-11-24)12-22-20(21-2)23-13-17-15-25-18-8-4-5-9-19(18)26-17;/h4-5,8-9,16-17H,3,6-7,10-15H2,1-2H3,(H2,21,22,23);1H. The van der Waals surface area contributed by atoms with Crippen LogP contribution in [0.15, 0.2) is 29.3 Å². The Balaban J connectivity index is 0.00000261. The number of fused-ring (bicyclic) bond motifs is 1. The van der Waals surface area contributed by atoms with Crippen LogP contribution in [0.4, 0.5) is 0 Å². The molecule has 0 aromatic heterocycles. The largest absolute Gasteiger partial charge is 0.486 e. The lowest BCUT2D eigenvalue weighted by atomic mass is 10.1. The second-order valence-electron chi connectivity index (χ2n) is 7.30. The summed E-state index contributed by atoms with van der Waals surface area (Å²) in [5.74, 6) is 3.03. The van der Waals surface area contributed by atoms with Crippen molar-refractivity contribution in [3.8, 4) is 11.5 Å². The highest BCUT2D eigenvalue weighted by molar-refractivity contribution is 14.0. The monoisotopic (exact) mass is 488 g/mol. The molecule has 0 radical (unpaired) electrons. The van der Waals surface area contributed by atoms with Gasteiger partial charge in [-0.1, -0.05) is 25.5 Å². The molecule has 2 unspecified atom stereocenters. The van der Waals surface area contributed by atoms with Gasteiger partial charge in [-0.3, -0.25) is 4.99 Å². The summed E-state index contributed by atoms with van der Waals surface area (Å²) in [6, 6.07) is 7.79. The van der Waals surface area contributed by atoms with Crippen molar-refractivity contribution in [1.82, 2.24) is 15.5 Å². The Morgan fingerprint density at radius 3 is 2.67 bits per heavy atom. The van der Waals surface area contributed by atoms with Gasteiger partial charge in [-0.2, -0.15) is 0 Å². The first-order valence-corrected chi connectivity index (χ1v) is 9.80. The third kappa shape index (κ3) is 7.03. The van der Waals surface area contributed by atoms with Gasteiger partial charge in [0.25, 0.3) is 0 Å². The van der Waals surface area contributed by atoms with Crippen LogP contribution in [-0.4, -0.2) is 63.3 Å². The zero-order valence-electron chi connectivity index (χ0n) is 16.4. The SMILES string of the molecule is CN=C(NCC(C)CN1CCCCC1)NCC1COc2ccccc2O1.I. The number of rotatable bonds is 6. The fourth-order valence-electron chi connectivity index (χ4n) is 3.51. The fraction of sp³-hybridized carbons (Fsp3) is 0.650. The molecule has 0 bridgehead atoms. The number of guanidine groups is 1. The molecule has 1 aromatic rings. The number of hydrogen-bond donors (Lipinski definition) is 2. The van der Waals surface area contributed by atoms with Gasteiger partial charge in [0, 0.05) is 20.1 Å². The predicted molar refractivity (Wildman–Crippen MR) is 121 cm³/mol. The molecule has 0 spiro atoms. The Labute approximate surface area is 180 Å². The molecule has 3 rings (SSSR count). The number of likely N-dealkylation sites (tertiary alicyclic amines) is 1. The Bertz CT molecular complexity index is 593. The zero-order valence-corrected chi connectivity index (χ0v) is 18.8. The van der Waals surface area contributed by atoms with Gasteiger partial charge in [0.1, 0.15) is 12.7 Å². The van der Waals surface area contributed by atoms with E-state index >= 15 is 0 Å². The number of piperidine rings is 1. The average Bonchev–Trinajstić information content (AvgIpc) is 2.68. The van der Waals surface area contributed by atoms with Gasteiger partial charge in [-0.25, -0.2) is 0 Å². The third-order valence-corrected chi connectivity index (χ3v) is 4.92. The summed E-state index contributed by atoms with van der Waals surface area (Å²) < 4.78 is 11.7. The summed E-state index contributed by atoms with van der Waals surface area (Å²) in [5, 5.41) is 6.78. The van der Waals surface area contributed by atoms with Crippen molar-refractivity contribution in [2.24, 2.45) is 10.9 Å². The molecule has 6 nitrogen and oxygen atoms in total. The highest BCUT2D eigenvalue weighted by Crippen LogP contribution is 2.30. The van der Waals surface area contributed by atoms with E-state index in [1.54, 1.807) is 7.05 Å². The van der Waals surface area contributed by atoms with Gasteiger partial charge in [-0.05, 0) is 44.0 Å². The molecule has 2 aliphatic rings. The second-order valence-corrected chi connectivity index (χ2v) is 7.30. The number of halogens is 1. The molecular weight excluding hydrogens is 455 g/mol. The molecule has 0 saturated carbocycles. The normalized spacial score (nSPS) is 21.1. The van der Waals surface area contributed by atoms with E-state index in [0.29, 0.717) is 19.1 Å². The molecule has 1 saturated heterocycles. The van der Waals surface area contributed by atoms with E-state index < -0.39 is 0 Å². The number of hydrogen-bond acceptors (Lipinski definition) is 4. The van der Waals surface area contributed by atoms with E-state index in [1.165, 1.54) is 32.4 Å². The lowest BCUT2D eigenvalue weighted by Gasteiger charge is -2.29. The summed E-state index contributed by atoms with van der Waals surface area (Å²) in [7, 11) is 1.80.